The van der Waals surface area contributed by atoms with E-state index in [2.05, 4.69) is 38.0 Å². The number of fused-ring (bicyclic) bond motifs is 1. The molecule has 0 atom stereocenters. The van der Waals surface area contributed by atoms with Gasteiger partial charge in [-0.15, -0.1) is 0 Å². The van der Waals surface area contributed by atoms with Gasteiger partial charge in [0, 0.05) is 18.4 Å². The van der Waals surface area contributed by atoms with E-state index in [0.29, 0.717) is 19.0 Å². The zero-order valence-corrected chi connectivity index (χ0v) is 14.5. The van der Waals surface area contributed by atoms with Crippen molar-refractivity contribution < 1.29 is 4.39 Å². The number of imidazole rings is 1. The molecule has 2 aromatic heterocycles. The van der Waals surface area contributed by atoms with Crippen LogP contribution in [0.4, 0.5) is 4.39 Å². The van der Waals surface area contributed by atoms with E-state index in [9.17, 15) is 4.39 Å². The number of nitrogens with one attached hydrogen (secondary N) is 2. The number of aliphatic imine (C=N–C) groups is 1. The van der Waals surface area contributed by atoms with Gasteiger partial charge in [-0.05, 0) is 43.7 Å². The molecule has 0 saturated carbocycles. The molecule has 0 saturated heterocycles. The van der Waals surface area contributed by atoms with E-state index in [1.807, 2.05) is 31.3 Å². The van der Waals surface area contributed by atoms with E-state index < -0.39 is 0 Å². The van der Waals surface area contributed by atoms with E-state index in [-0.39, 0.29) is 5.82 Å². The molecule has 3 rings (SSSR count). The van der Waals surface area contributed by atoms with Crippen LogP contribution in [0.1, 0.15) is 23.9 Å². The molecule has 0 radical (unpaired) electrons. The summed E-state index contributed by atoms with van der Waals surface area (Å²) < 4.78 is 15.3. The van der Waals surface area contributed by atoms with Crippen molar-refractivity contribution >= 4 is 11.6 Å². The topological polar surface area (TPSA) is 53.7 Å². The molecule has 2 N–H and O–H groups in total. The van der Waals surface area contributed by atoms with Gasteiger partial charge in [0.1, 0.15) is 11.5 Å². The summed E-state index contributed by atoms with van der Waals surface area (Å²) in [5.74, 6) is 0.436. The number of halogens is 1. The Labute approximate surface area is 146 Å². The molecule has 25 heavy (non-hydrogen) atoms. The third-order valence-corrected chi connectivity index (χ3v) is 3.84. The Morgan fingerprint density at radius 2 is 2.04 bits per heavy atom. The summed E-state index contributed by atoms with van der Waals surface area (Å²) in [4.78, 5) is 9.11. The number of aryl methyl sites for hydroxylation is 1. The van der Waals surface area contributed by atoms with E-state index in [4.69, 9.17) is 0 Å². The summed E-state index contributed by atoms with van der Waals surface area (Å²) in [5, 5.41) is 6.46. The Bertz CT molecular complexity index is 884. The normalized spacial score (nSPS) is 11.7. The maximum atomic E-state index is 13.3. The molecule has 5 nitrogen and oxygen atoms in total. The van der Waals surface area contributed by atoms with Gasteiger partial charge in [0.25, 0.3) is 0 Å². The number of hydrogen-bond acceptors (Lipinski definition) is 2. The van der Waals surface area contributed by atoms with Gasteiger partial charge in [-0.1, -0.05) is 18.2 Å². The van der Waals surface area contributed by atoms with Gasteiger partial charge in [-0.25, -0.2) is 14.4 Å². The van der Waals surface area contributed by atoms with Crippen LogP contribution in [0.15, 0.2) is 53.7 Å². The largest absolute Gasteiger partial charge is 0.357 e. The Kier molecular flexibility index (Phi) is 5.28. The maximum Gasteiger partial charge on any atom is 0.191 e. The summed E-state index contributed by atoms with van der Waals surface area (Å²) in [7, 11) is 0. The van der Waals surface area contributed by atoms with Crippen molar-refractivity contribution in [3.05, 3.63) is 71.4 Å². The lowest BCUT2D eigenvalue weighted by molar-refractivity contribution is 0.625. The number of rotatable bonds is 5. The van der Waals surface area contributed by atoms with Gasteiger partial charge >= 0.3 is 0 Å². The monoisotopic (exact) mass is 339 g/mol. The van der Waals surface area contributed by atoms with Gasteiger partial charge in [0.2, 0.25) is 0 Å². The number of guanidine groups is 1. The summed E-state index contributed by atoms with van der Waals surface area (Å²) in [6.45, 7) is 5.79. The Balaban J connectivity index is 1.68. The molecule has 0 aliphatic rings. The number of nitrogens with zero attached hydrogens (tertiary/aromatic N) is 3. The van der Waals surface area contributed by atoms with Crippen molar-refractivity contribution in [1.29, 1.82) is 0 Å². The molecule has 0 aliphatic carbocycles. The van der Waals surface area contributed by atoms with Crippen LogP contribution in [0.25, 0.3) is 5.65 Å². The average molecular weight is 339 g/mol. The first-order valence-electron chi connectivity index (χ1n) is 8.36. The van der Waals surface area contributed by atoms with Gasteiger partial charge in [-0.2, -0.15) is 0 Å². The van der Waals surface area contributed by atoms with Gasteiger partial charge in [0.05, 0.1) is 18.8 Å². The second kappa shape index (κ2) is 7.79. The van der Waals surface area contributed by atoms with Gasteiger partial charge in [-0.3, -0.25) is 0 Å². The highest BCUT2D eigenvalue weighted by Gasteiger charge is 2.04. The van der Waals surface area contributed by atoms with Crippen LogP contribution >= 0.6 is 0 Å². The lowest BCUT2D eigenvalue weighted by Crippen LogP contribution is -2.36. The Morgan fingerprint density at radius 1 is 1.20 bits per heavy atom. The standard InChI is InChI=1S/C19H22FN5/c1-3-21-19(22-11-15-7-5-8-16(20)10-15)23-12-17-13-25-14(2)6-4-9-18(25)24-17/h4-10,13H,3,11-12H2,1-2H3,(H2,21,22,23). The van der Waals surface area contributed by atoms with Crippen molar-refractivity contribution in [2.75, 3.05) is 6.54 Å². The maximum absolute atomic E-state index is 13.3. The van der Waals surface area contributed by atoms with E-state index in [0.717, 1.165) is 29.1 Å². The number of hydrogen-bond donors (Lipinski definition) is 2. The third kappa shape index (κ3) is 4.35. The second-order valence-corrected chi connectivity index (χ2v) is 5.81. The molecule has 0 bridgehead atoms. The minimum Gasteiger partial charge on any atom is -0.357 e. The molecule has 1 aromatic carbocycles. The SMILES string of the molecule is CCNC(=NCc1cccc(F)c1)NCc1cn2c(C)cccc2n1. The van der Waals surface area contributed by atoms with E-state index >= 15 is 0 Å². The summed E-state index contributed by atoms with van der Waals surface area (Å²) >= 11 is 0. The van der Waals surface area contributed by atoms with Gasteiger partial charge in [0.15, 0.2) is 5.96 Å². The van der Waals surface area contributed by atoms with Crippen LogP contribution in [-0.2, 0) is 13.1 Å². The van der Waals surface area contributed by atoms with Crippen molar-refractivity contribution in [3.63, 3.8) is 0 Å². The van der Waals surface area contributed by atoms with Crippen LogP contribution in [0.2, 0.25) is 0 Å². The molecular weight excluding hydrogens is 317 g/mol. The minimum absolute atomic E-state index is 0.245. The third-order valence-electron chi connectivity index (χ3n) is 3.84. The zero-order chi connectivity index (χ0) is 17.6. The fourth-order valence-corrected chi connectivity index (χ4v) is 2.61. The first kappa shape index (κ1) is 17.0. The highest BCUT2D eigenvalue weighted by molar-refractivity contribution is 5.79. The first-order valence-corrected chi connectivity index (χ1v) is 8.36. The molecule has 0 spiro atoms. The number of pyridine rings is 1. The van der Waals surface area contributed by atoms with Crippen LogP contribution < -0.4 is 10.6 Å². The van der Waals surface area contributed by atoms with Crippen LogP contribution in [-0.4, -0.2) is 21.9 Å². The average Bonchev–Trinajstić information content (AvgIpc) is 3.02. The quantitative estimate of drug-likeness (QED) is 0.555. The molecule has 0 aliphatic heterocycles. The molecule has 2 heterocycles. The fourth-order valence-electron chi connectivity index (χ4n) is 2.61. The molecule has 0 amide bonds. The highest BCUT2D eigenvalue weighted by atomic mass is 19.1. The molecule has 130 valence electrons. The molecule has 6 heteroatoms. The predicted molar refractivity (Wildman–Crippen MR) is 98.0 cm³/mol. The first-order chi connectivity index (χ1) is 12.2. The number of benzene rings is 1. The Morgan fingerprint density at radius 3 is 2.80 bits per heavy atom. The molecule has 3 aromatic rings. The van der Waals surface area contributed by atoms with E-state index in [1.165, 1.54) is 12.1 Å². The Hall–Kier alpha value is -2.89. The highest BCUT2D eigenvalue weighted by Crippen LogP contribution is 2.08. The van der Waals surface area contributed by atoms with Gasteiger partial charge < -0.3 is 15.0 Å². The van der Waals surface area contributed by atoms with Crippen LogP contribution in [0.3, 0.4) is 0 Å². The second-order valence-electron chi connectivity index (χ2n) is 5.81. The number of aromatic nitrogens is 2. The lowest BCUT2D eigenvalue weighted by atomic mass is 10.2. The molecular formula is C19H22FN5. The van der Waals surface area contributed by atoms with E-state index in [1.54, 1.807) is 6.07 Å². The molecule has 0 fully saturated rings. The van der Waals surface area contributed by atoms with Crippen molar-refractivity contribution in [2.45, 2.75) is 26.9 Å². The summed E-state index contributed by atoms with van der Waals surface area (Å²) in [5.41, 5.74) is 3.84. The van der Waals surface area contributed by atoms with Crippen molar-refractivity contribution in [2.24, 2.45) is 4.99 Å². The van der Waals surface area contributed by atoms with Crippen LogP contribution in [0.5, 0.6) is 0 Å². The minimum atomic E-state index is -0.245. The van der Waals surface area contributed by atoms with Crippen LogP contribution in [0, 0.1) is 12.7 Å². The zero-order valence-electron chi connectivity index (χ0n) is 14.5. The molecule has 0 unspecified atom stereocenters. The van der Waals surface area contributed by atoms with Crippen molar-refractivity contribution in [1.82, 2.24) is 20.0 Å². The lowest BCUT2D eigenvalue weighted by Gasteiger charge is -2.10. The predicted octanol–water partition coefficient (Wildman–Crippen LogP) is 3.04. The fraction of sp³-hybridized carbons (Fsp3) is 0.263. The van der Waals surface area contributed by atoms with Crippen molar-refractivity contribution in [3.8, 4) is 0 Å². The smallest absolute Gasteiger partial charge is 0.191 e. The summed E-state index contributed by atoms with van der Waals surface area (Å²) in [6.07, 6.45) is 2.02. The summed E-state index contributed by atoms with van der Waals surface area (Å²) in [6, 6.07) is 12.5.